The molecule has 1 unspecified atom stereocenters. The minimum Gasteiger partial charge on any atom is -0.380 e. The Bertz CT molecular complexity index is 654. The van der Waals surface area contributed by atoms with Gasteiger partial charge in [0.1, 0.15) is 5.82 Å². The third kappa shape index (κ3) is 3.01. The minimum atomic E-state index is -0.321. The first kappa shape index (κ1) is 14.7. The third-order valence-electron chi connectivity index (χ3n) is 3.81. The molecular weight excluding hydrogens is 287 g/mol. The van der Waals surface area contributed by atoms with E-state index in [1.54, 1.807) is 23.1 Å². The first-order chi connectivity index (χ1) is 10.6. The maximum absolute atomic E-state index is 12.9. The summed E-state index contributed by atoms with van der Waals surface area (Å²) in [6, 6.07) is 7.55. The van der Waals surface area contributed by atoms with E-state index in [0.29, 0.717) is 31.1 Å². The number of carbonyl (C=O) groups excluding carboxylic acids is 1. The van der Waals surface area contributed by atoms with Gasteiger partial charge in [0.25, 0.3) is 5.91 Å². The van der Waals surface area contributed by atoms with E-state index in [1.165, 1.54) is 12.1 Å². The minimum absolute atomic E-state index is 0.0981. The molecule has 1 saturated heterocycles. The number of nitrogens with zero attached hydrogens (tertiary/aromatic N) is 2. The zero-order chi connectivity index (χ0) is 15.5. The Morgan fingerprint density at radius 3 is 2.86 bits per heavy atom. The second-order valence-corrected chi connectivity index (χ2v) is 5.33. The molecule has 0 bridgehead atoms. The maximum Gasteiger partial charge on any atom is 0.276 e. The lowest BCUT2D eigenvalue weighted by Gasteiger charge is -2.25. The van der Waals surface area contributed by atoms with E-state index >= 15 is 0 Å². The van der Waals surface area contributed by atoms with Gasteiger partial charge in [-0.3, -0.25) is 4.79 Å². The van der Waals surface area contributed by atoms with E-state index in [-0.39, 0.29) is 23.5 Å². The van der Waals surface area contributed by atoms with Gasteiger partial charge in [-0.1, -0.05) is 5.16 Å². The molecule has 0 radical (unpaired) electrons. The lowest BCUT2D eigenvalue weighted by molar-refractivity contribution is 0.0677. The first-order valence-electron chi connectivity index (χ1n) is 7.26. The quantitative estimate of drug-likeness (QED) is 0.856. The Hall–Kier alpha value is -2.21. The summed E-state index contributed by atoms with van der Waals surface area (Å²) in [5.41, 5.74) is 0.938. The summed E-state index contributed by atoms with van der Waals surface area (Å²) in [6.45, 7) is 3.72. The summed E-state index contributed by atoms with van der Waals surface area (Å²) in [5, 5.41) is 3.85. The molecule has 1 aromatic carbocycles. The number of aromatic nitrogens is 1. The van der Waals surface area contributed by atoms with E-state index in [4.69, 9.17) is 9.26 Å². The molecule has 0 N–H and O–H groups in total. The number of rotatable bonds is 2. The van der Waals surface area contributed by atoms with Crippen LogP contribution in [0, 0.1) is 5.82 Å². The fraction of sp³-hybridized carbons (Fsp3) is 0.375. The molecule has 1 atom stereocenters. The molecule has 0 aliphatic carbocycles. The van der Waals surface area contributed by atoms with Gasteiger partial charge in [0, 0.05) is 30.8 Å². The molecule has 5 nitrogen and oxygen atoms in total. The van der Waals surface area contributed by atoms with E-state index in [0.717, 1.165) is 6.42 Å². The van der Waals surface area contributed by atoms with E-state index in [1.807, 2.05) is 6.92 Å². The van der Waals surface area contributed by atoms with Gasteiger partial charge in [-0.05, 0) is 37.6 Å². The average molecular weight is 304 g/mol. The van der Waals surface area contributed by atoms with Gasteiger partial charge in [0.15, 0.2) is 11.5 Å². The molecule has 2 aromatic rings. The van der Waals surface area contributed by atoms with Crippen molar-refractivity contribution in [2.24, 2.45) is 0 Å². The average Bonchev–Trinajstić information content (AvgIpc) is 2.91. The number of ether oxygens (including phenoxy) is 1. The highest BCUT2D eigenvalue weighted by molar-refractivity contribution is 5.93. The van der Waals surface area contributed by atoms with Crippen LogP contribution < -0.4 is 0 Å². The number of amides is 1. The smallest absolute Gasteiger partial charge is 0.276 e. The Kier molecular flexibility index (Phi) is 4.20. The lowest BCUT2D eigenvalue weighted by atomic mass is 10.1. The van der Waals surface area contributed by atoms with Crippen LogP contribution in [0.25, 0.3) is 11.3 Å². The van der Waals surface area contributed by atoms with Crippen molar-refractivity contribution >= 4 is 5.91 Å². The standard InChI is InChI=1S/C16H17FN2O3/c1-11-6-8-21-9-7-19(11)16(20)14-10-15(22-18-14)12-2-4-13(17)5-3-12/h2-5,10-11H,6-9H2,1H3. The molecule has 2 heterocycles. The topological polar surface area (TPSA) is 55.6 Å². The summed E-state index contributed by atoms with van der Waals surface area (Å²) in [7, 11) is 0. The number of hydrogen-bond acceptors (Lipinski definition) is 4. The van der Waals surface area contributed by atoms with Crippen LogP contribution in [-0.4, -0.2) is 41.8 Å². The van der Waals surface area contributed by atoms with Crippen LogP contribution >= 0.6 is 0 Å². The largest absolute Gasteiger partial charge is 0.380 e. The number of hydrogen-bond donors (Lipinski definition) is 0. The van der Waals surface area contributed by atoms with Gasteiger partial charge in [-0.2, -0.15) is 0 Å². The molecule has 3 rings (SSSR count). The molecule has 116 valence electrons. The van der Waals surface area contributed by atoms with Gasteiger partial charge < -0.3 is 14.2 Å². The molecular formula is C16H17FN2O3. The lowest BCUT2D eigenvalue weighted by Crippen LogP contribution is -2.39. The molecule has 1 aliphatic heterocycles. The molecule has 1 aliphatic rings. The van der Waals surface area contributed by atoms with Crippen LogP contribution in [0.4, 0.5) is 4.39 Å². The zero-order valence-electron chi connectivity index (χ0n) is 12.3. The Morgan fingerprint density at radius 1 is 1.32 bits per heavy atom. The molecule has 1 fully saturated rings. The third-order valence-corrected chi connectivity index (χ3v) is 3.81. The predicted molar refractivity (Wildman–Crippen MR) is 77.8 cm³/mol. The summed E-state index contributed by atoms with van der Waals surface area (Å²) >= 11 is 0. The van der Waals surface area contributed by atoms with Crippen molar-refractivity contribution in [2.45, 2.75) is 19.4 Å². The highest BCUT2D eigenvalue weighted by Crippen LogP contribution is 2.22. The molecule has 6 heteroatoms. The van der Waals surface area contributed by atoms with Crippen molar-refractivity contribution in [3.8, 4) is 11.3 Å². The van der Waals surface area contributed by atoms with Crippen LogP contribution in [0.3, 0.4) is 0 Å². The van der Waals surface area contributed by atoms with E-state index in [9.17, 15) is 9.18 Å². The van der Waals surface area contributed by atoms with E-state index in [2.05, 4.69) is 5.16 Å². The van der Waals surface area contributed by atoms with Gasteiger partial charge in [-0.15, -0.1) is 0 Å². The fourth-order valence-electron chi connectivity index (χ4n) is 2.47. The van der Waals surface area contributed by atoms with Crippen LogP contribution in [0.2, 0.25) is 0 Å². The van der Waals surface area contributed by atoms with Crippen LogP contribution in [0.1, 0.15) is 23.8 Å². The van der Waals surface area contributed by atoms with Gasteiger partial charge in [0.2, 0.25) is 0 Å². The fourth-order valence-corrected chi connectivity index (χ4v) is 2.47. The molecule has 1 aromatic heterocycles. The Morgan fingerprint density at radius 2 is 2.09 bits per heavy atom. The van der Waals surface area contributed by atoms with Crippen LogP contribution in [0.15, 0.2) is 34.9 Å². The van der Waals surface area contributed by atoms with Gasteiger partial charge in [0.05, 0.1) is 6.61 Å². The zero-order valence-corrected chi connectivity index (χ0v) is 12.3. The second kappa shape index (κ2) is 6.27. The summed E-state index contributed by atoms with van der Waals surface area (Å²) < 4.78 is 23.6. The van der Waals surface area contributed by atoms with Crippen molar-refractivity contribution < 1.29 is 18.4 Å². The SMILES string of the molecule is CC1CCOCCN1C(=O)c1cc(-c2ccc(F)cc2)on1. The van der Waals surface area contributed by atoms with Crippen molar-refractivity contribution in [1.29, 1.82) is 0 Å². The normalized spacial score (nSPS) is 19.0. The number of benzene rings is 1. The first-order valence-corrected chi connectivity index (χ1v) is 7.26. The van der Waals surface area contributed by atoms with Crippen molar-refractivity contribution in [1.82, 2.24) is 10.1 Å². The molecule has 22 heavy (non-hydrogen) atoms. The second-order valence-electron chi connectivity index (χ2n) is 5.33. The Labute approximate surface area is 127 Å². The summed E-state index contributed by atoms with van der Waals surface area (Å²) in [5.74, 6) is -0.0462. The predicted octanol–water partition coefficient (Wildman–Crippen LogP) is 2.73. The highest BCUT2D eigenvalue weighted by Gasteiger charge is 2.26. The summed E-state index contributed by atoms with van der Waals surface area (Å²) in [6.07, 6.45) is 0.800. The molecule has 0 saturated carbocycles. The summed E-state index contributed by atoms with van der Waals surface area (Å²) in [4.78, 5) is 14.3. The van der Waals surface area contributed by atoms with Crippen LogP contribution in [0.5, 0.6) is 0 Å². The van der Waals surface area contributed by atoms with Crippen LogP contribution in [-0.2, 0) is 4.74 Å². The van der Waals surface area contributed by atoms with Gasteiger partial charge in [-0.25, -0.2) is 4.39 Å². The monoisotopic (exact) mass is 304 g/mol. The number of carbonyl (C=O) groups is 1. The van der Waals surface area contributed by atoms with Crippen molar-refractivity contribution in [3.63, 3.8) is 0 Å². The van der Waals surface area contributed by atoms with Gasteiger partial charge >= 0.3 is 0 Å². The number of halogens is 1. The molecule has 1 amide bonds. The van der Waals surface area contributed by atoms with Crippen molar-refractivity contribution in [3.05, 3.63) is 41.8 Å². The molecule has 0 spiro atoms. The van der Waals surface area contributed by atoms with E-state index < -0.39 is 0 Å². The van der Waals surface area contributed by atoms with Crippen molar-refractivity contribution in [2.75, 3.05) is 19.8 Å². The Balaban J connectivity index is 1.80. The maximum atomic E-state index is 12.9. The highest BCUT2D eigenvalue weighted by atomic mass is 19.1.